The number of hydrogen-bond acceptors (Lipinski definition) is 6. The van der Waals surface area contributed by atoms with Crippen molar-refractivity contribution in [1.82, 2.24) is 5.32 Å². The van der Waals surface area contributed by atoms with E-state index in [4.69, 9.17) is 10.5 Å². The zero-order valence-corrected chi connectivity index (χ0v) is 11.9. The third kappa shape index (κ3) is 4.54. The molecule has 22 heavy (non-hydrogen) atoms. The number of nitro groups is 1. The van der Waals surface area contributed by atoms with E-state index in [0.717, 1.165) is 6.07 Å². The van der Waals surface area contributed by atoms with E-state index in [9.17, 15) is 24.5 Å². The Kier molecular flexibility index (Phi) is 5.56. The Morgan fingerprint density at radius 3 is 2.45 bits per heavy atom. The Bertz CT molecular complexity index is 614. The second kappa shape index (κ2) is 7.16. The number of benzene rings is 1. The number of hydrogen-bond donors (Lipinski definition) is 2. The number of esters is 1. The van der Waals surface area contributed by atoms with Crippen LogP contribution in [0, 0.1) is 16.0 Å². The lowest BCUT2D eigenvalue weighted by atomic mass is 10.1. The molecule has 3 amide bonds. The van der Waals surface area contributed by atoms with Gasteiger partial charge in [-0.3, -0.25) is 20.2 Å². The van der Waals surface area contributed by atoms with Crippen LogP contribution in [-0.2, 0) is 9.53 Å². The van der Waals surface area contributed by atoms with Crippen LogP contribution in [0.4, 0.5) is 10.5 Å². The molecule has 118 valence electrons. The number of primary amides is 1. The summed E-state index contributed by atoms with van der Waals surface area (Å²) in [5, 5.41) is 12.5. The van der Waals surface area contributed by atoms with Crippen LogP contribution in [-0.4, -0.2) is 28.9 Å². The first kappa shape index (κ1) is 17.1. The first-order valence-electron chi connectivity index (χ1n) is 6.28. The third-order valence-corrected chi connectivity index (χ3v) is 2.64. The third-order valence-electron chi connectivity index (χ3n) is 2.64. The van der Waals surface area contributed by atoms with Gasteiger partial charge in [-0.05, 0) is 12.0 Å². The predicted molar refractivity (Wildman–Crippen MR) is 74.9 cm³/mol. The number of nitrogens with two attached hydrogens (primary N) is 1. The van der Waals surface area contributed by atoms with Gasteiger partial charge in [0.1, 0.15) is 0 Å². The second-order valence-electron chi connectivity index (χ2n) is 4.73. The van der Waals surface area contributed by atoms with Gasteiger partial charge in [0.25, 0.3) is 11.6 Å². The average molecular weight is 309 g/mol. The smallest absolute Gasteiger partial charge is 0.339 e. The first-order chi connectivity index (χ1) is 10.2. The minimum absolute atomic E-state index is 0.0771. The number of nitrogens with zero attached hydrogens (tertiary/aromatic N) is 1. The minimum Gasteiger partial charge on any atom is -0.448 e. The largest absolute Gasteiger partial charge is 0.448 e. The van der Waals surface area contributed by atoms with E-state index in [2.05, 4.69) is 0 Å². The van der Waals surface area contributed by atoms with Gasteiger partial charge in [-0.15, -0.1) is 0 Å². The molecule has 0 spiro atoms. The molecule has 1 atom stereocenters. The Labute approximate surface area is 125 Å². The van der Waals surface area contributed by atoms with Gasteiger partial charge in [-0.25, -0.2) is 9.59 Å². The fourth-order valence-electron chi connectivity index (χ4n) is 1.61. The van der Waals surface area contributed by atoms with E-state index < -0.39 is 34.9 Å². The number of nitrogens with one attached hydrogen (secondary N) is 1. The summed E-state index contributed by atoms with van der Waals surface area (Å²) in [6.07, 6.45) is -1.25. The van der Waals surface area contributed by atoms with Gasteiger partial charge in [-0.2, -0.15) is 0 Å². The zero-order valence-electron chi connectivity index (χ0n) is 11.9. The Morgan fingerprint density at radius 2 is 1.95 bits per heavy atom. The van der Waals surface area contributed by atoms with Gasteiger partial charge in [0, 0.05) is 12.1 Å². The summed E-state index contributed by atoms with van der Waals surface area (Å²) in [6.45, 7) is 3.21. The molecule has 9 heteroatoms. The number of non-ortho nitro benzene ring substituents is 1. The van der Waals surface area contributed by atoms with E-state index in [1.54, 1.807) is 13.8 Å². The Balaban J connectivity index is 2.92. The quantitative estimate of drug-likeness (QED) is 0.471. The molecule has 0 aliphatic rings. The molecule has 1 rings (SSSR count). The fraction of sp³-hybridized carbons (Fsp3) is 0.308. The maximum Gasteiger partial charge on any atom is 0.339 e. The van der Waals surface area contributed by atoms with Crippen molar-refractivity contribution in [3.8, 4) is 0 Å². The first-order valence-corrected chi connectivity index (χ1v) is 6.28. The van der Waals surface area contributed by atoms with Crippen LogP contribution in [0.25, 0.3) is 0 Å². The van der Waals surface area contributed by atoms with Crippen molar-refractivity contribution in [2.45, 2.75) is 20.0 Å². The van der Waals surface area contributed by atoms with Crippen molar-refractivity contribution >= 4 is 23.6 Å². The highest BCUT2D eigenvalue weighted by molar-refractivity contribution is 5.98. The number of urea groups is 1. The molecular weight excluding hydrogens is 294 g/mol. The molecule has 0 fully saturated rings. The van der Waals surface area contributed by atoms with Gasteiger partial charge in [-0.1, -0.05) is 19.9 Å². The van der Waals surface area contributed by atoms with Gasteiger partial charge < -0.3 is 10.5 Å². The summed E-state index contributed by atoms with van der Waals surface area (Å²) in [6, 6.07) is 3.82. The highest BCUT2D eigenvalue weighted by Crippen LogP contribution is 2.16. The van der Waals surface area contributed by atoms with Crippen molar-refractivity contribution in [2.75, 3.05) is 0 Å². The molecule has 0 heterocycles. The molecule has 0 aromatic heterocycles. The predicted octanol–water partition coefficient (Wildman–Crippen LogP) is 0.971. The van der Waals surface area contributed by atoms with Gasteiger partial charge in [0.05, 0.1) is 10.5 Å². The molecule has 0 radical (unpaired) electrons. The number of imide groups is 1. The molecule has 1 aromatic carbocycles. The summed E-state index contributed by atoms with van der Waals surface area (Å²) in [5.41, 5.74) is 4.48. The lowest BCUT2D eigenvalue weighted by Crippen LogP contribution is -2.45. The van der Waals surface area contributed by atoms with Gasteiger partial charge >= 0.3 is 12.0 Å². The molecule has 0 aliphatic carbocycles. The van der Waals surface area contributed by atoms with Crippen molar-refractivity contribution in [1.29, 1.82) is 0 Å². The minimum atomic E-state index is -1.25. The van der Waals surface area contributed by atoms with E-state index in [1.165, 1.54) is 18.2 Å². The van der Waals surface area contributed by atoms with Crippen LogP contribution in [0.15, 0.2) is 24.3 Å². The normalized spacial score (nSPS) is 11.6. The maximum absolute atomic E-state index is 12.0. The van der Waals surface area contributed by atoms with Crippen LogP contribution in [0.2, 0.25) is 0 Å². The number of rotatable bonds is 5. The van der Waals surface area contributed by atoms with Crippen molar-refractivity contribution < 1.29 is 24.0 Å². The number of carbonyl (C=O) groups is 3. The maximum atomic E-state index is 12.0. The summed E-state index contributed by atoms with van der Waals surface area (Å²) < 4.78 is 5.01. The lowest BCUT2D eigenvalue weighted by Gasteiger charge is -2.19. The highest BCUT2D eigenvalue weighted by atomic mass is 16.6. The average Bonchev–Trinajstić information content (AvgIpc) is 2.43. The second-order valence-corrected chi connectivity index (χ2v) is 4.73. The molecule has 9 nitrogen and oxygen atoms in total. The molecular formula is C13H15N3O6. The topological polar surface area (TPSA) is 142 Å². The van der Waals surface area contributed by atoms with Gasteiger partial charge in [0.15, 0.2) is 6.10 Å². The number of ether oxygens (including phenoxy) is 1. The Hall–Kier alpha value is -2.97. The fourth-order valence-corrected chi connectivity index (χ4v) is 1.61. The standard InChI is InChI=1S/C13H15N3O6/c1-7(2)10(11(17)15-13(14)19)22-12(18)8-4-3-5-9(6-8)16(20)21/h3-7,10H,1-2H3,(H3,14,15,17,19)/t10-/m0/s1. The molecule has 0 bridgehead atoms. The zero-order chi connectivity index (χ0) is 16.9. The molecule has 0 saturated heterocycles. The Morgan fingerprint density at radius 1 is 1.32 bits per heavy atom. The lowest BCUT2D eigenvalue weighted by molar-refractivity contribution is -0.384. The van der Waals surface area contributed by atoms with Crippen LogP contribution in [0.3, 0.4) is 0 Å². The van der Waals surface area contributed by atoms with Gasteiger partial charge in [0.2, 0.25) is 0 Å². The summed E-state index contributed by atoms with van der Waals surface area (Å²) in [4.78, 5) is 44.4. The van der Waals surface area contributed by atoms with Crippen molar-refractivity contribution in [2.24, 2.45) is 11.7 Å². The summed E-state index contributed by atoms with van der Waals surface area (Å²) in [7, 11) is 0. The molecule has 1 aromatic rings. The van der Waals surface area contributed by atoms with Crippen molar-refractivity contribution in [3.63, 3.8) is 0 Å². The molecule has 0 unspecified atom stereocenters. The van der Waals surface area contributed by atoms with Crippen LogP contribution < -0.4 is 11.1 Å². The molecule has 3 N–H and O–H groups in total. The highest BCUT2D eigenvalue weighted by Gasteiger charge is 2.28. The van der Waals surface area contributed by atoms with E-state index in [-0.39, 0.29) is 11.3 Å². The van der Waals surface area contributed by atoms with E-state index in [0.29, 0.717) is 0 Å². The van der Waals surface area contributed by atoms with Crippen LogP contribution in [0.1, 0.15) is 24.2 Å². The van der Waals surface area contributed by atoms with Crippen molar-refractivity contribution in [3.05, 3.63) is 39.9 Å². The summed E-state index contributed by atoms with van der Waals surface area (Å²) >= 11 is 0. The molecule has 0 aliphatic heterocycles. The van der Waals surface area contributed by atoms with Crippen LogP contribution >= 0.6 is 0 Å². The van der Waals surface area contributed by atoms with Crippen LogP contribution in [0.5, 0.6) is 0 Å². The number of amides is 3. The SMILES string of the molecule is CC(C)[C@H](OC(=O)c1cccc([N+](=O)[O-])c1)C(=O)NC(N)=O. The number of nitro benzene ring substituents is 1. The van der Waals surface area contributed by atoms with E-state index in [1.807, 2.05) is 5.32 Å². The summed E-state index contributed by atoms with van der Waals surface area (Å²) in [5.74, 6) is -2.20. The van der Waals surface area contributed by atoms with E-state index >= 15 is 0 Å². The number of carbonyl (C=O) groups excluding carboxylic acids is 3. The molecule has 0 saturated carbocycles. The monoisotopic (exact) mass is 309 g/mol.